The quantitative estimate of drug-likeness (QED) is 0.842. The van der Waals surface area contributed by atoms with E-state index in [0.717, 1.165) is 29.7 Å². The second-order valence-corrected chi connectivity index (χ2v) is 8.44. The minimum Gasteiger partial charge on any atom is -0.309 e. The van der Waals surface area contributed by atoms with Crippen molar-refractivity contribution in [1.82, 2.24) is 10.2 Å². The maximum Gasteiger partial charge on any atom is 0.0252 e. The molecule has 0 aromatic rings. The van der Waals surface area contributed by atoms with Gasteiger partial charge in [0, 0.05) is 31.2 Å². The minimum atomic E-state index is 0.295. The van der Waals surface area contributed by atoms with Gasteiger partial charge in [-0.05, 0) is 56.8 Å². The zero-order valence-corrected chi connectivity index (χ0v) is 13.3. The van der Waals surface area contributed by atoms with Gasteiger partial charge in [0.15, 0.2) is 0 Å². The van der Waals surface area contributed by atoms with Crippen molar-refractivity contribution in [1.29, 1.82) is 0 Å². The fraction of sp³-hybridized carbons (Fsp3) is 1.00. The number of hydrogen-bond donors (Lipinski definition) is 1. The summed E-state index contributed by atoms with van der Waals surface area (Å²) in [4.78, 5) is 2.83. The lowest BCUT2D eigenvalue weighted by Gasteiger charge is -2.47. The molecule has 3 rings (SSSR count). The summed E-state index contributed by atoms with van der Waals surface area (Å²) in [6, 6.07) is 0.743. The van der Waals surface area contributed by atoms with Gasteiger partial charge in [-0.2, -0.15) is 0 Å². The van der Waals surface area contributed by atoms with E-state index in [2.05, 4.69) is 37.9 Å². The van der Waals surface area contributed by atoms with E-state index in [1.165, 1.54) is 38.9 Å². The molecule has 1 heterocycles. The Balaban J connectivity index is 1.65. The first-order valence-corrected chi connectivity index (χ1v) is 8.44. The molecule has 3 fully saturated rings. The lowest BCUT2D eigenvalue weighted by molar-refractivity contribution is 0.0465. The molecule has 110 valence electrons. The molecule has 1 N–H and O–H groups in total. The van der Waals surface area contributed by atoms with Gasteiger partial charge in [-0.15, -0.1) is 0 Å². The van der Waals surface area contributed by atoms with Crippen molar-refractivity contribution in [2.24, 2.45) is 23.7 Å². The Kier molecular flexibility index (Phi) is 3.68. The Morgan fingerprint density at radius 2 is 2.00 bits per heavy atom. The van der Waals surface area contributed by atoms with Crippen molar-refractivity contribution in [3.63, 3.8) is 0 Å². The van der Waals surface area contributed by atoms with Gasteiger partial charge in [0.25, 0.3) is 0 Å². The highest BCUT2D eigenvalue weighted by Gasteiger charge is 2.42. The summed E-state index contributed by atoms with van der Waals surface area (Å²) in [6.45, 7) is 13.3. The molecular weight excluding hydrogens is 232 g/mol. The number of piperazine rings is 1. The summed E-state index contributed by atoms with van der Waals surface area (Å²) in [5.41, 5.74) is 0.295. The third kappa shape index (κ3) is 2.85. The van der Waals surface area contributed by atoms with Crippen molar-refractivity contribution >= 4 is 0 Å². The Morgan fingerprint density at radius 3 is 2.58 bits per heavy atom. The van der Waals surface area contributed by atoms with Crippen LogP contribution >= 0.6 is 0 Å². The monoisotopic (exact) mass is 264 g/mol. The number of nitrogens with zero attached hydrogens (tertiary/aromatic N) is 1. The molecule has 2 bridgehead atoms. The Morgan fingerprint density at radius 1 is 1.21 bits per heavy atom. The Labute approximate surface area is 119 Å². The molecule has 4 atom stereocenters. The smallest absolute Gasteiger partial charge is 0.0252 e. The van der Waals surface area contributed by atoms with Crippen LogP contribution in [-0.2, 0) is 0 Å². The predicted molar refractivity (Wildman–Crippen MR) is 81.2 cm³/mol. The van der Waals surface area contributed by atoms with Crippen LogP contribution in [0.1, 0.15) is 53.4 Å². The van der Waals surface area contributed by atoms with Crippen LogP contribution in [0.15, 0.2) is 0 Å². The summed E-state index contributed by atoms with van der Waals surface area (Å²) in [5, 5.41) is 3.74. The first-order valence-electron chi connectivity index (χ1n) is 8.44. The second kappa shape index (κ2) is 5.04. The van der Waals surface area contributed by atoms with E-state index in [0.29, 0.717) is 5.54 Å². The highest BCUT2D eigenvalue weighted by Crippen LogP contribution is 2.48. The number of rotatable bonds is 3. The van der Waals surface area contributed by atoms with Crippen LogP contribution in [0, 0.1) is 23.7 Å². The van der Waals surface area contributed by atoms with Gasteiger partial charge >= 0.3 is 0 Å². The van der Waals surface area contributed by atoms with Gasteiger partial charge in [-0.3, -0.25) is 4.90 Å². The van der Waals surface area contributed by atoms with Gasteiger partial charge in [-0.1, -0.05) is 20.3 Å². The van der Waals surface area contributed by atoms with Crippen LogP contribution in [0.2, 0.25) is 0 Å². The van der Waals surface area contributed by atoms with Crippen LogP contribution in [0.25, 0.3) is 0 Å². The van der Waals surface area contributed by atoms with Gasteiger partial charge in [-0.25, -0.2) is 0 Å². The molecule has 2 nitrogen and oxygen atoms in total. The summed E-state index contributed by atoms with van der Waals surface area (Å²) < 4.78 is 0. The Hall–Kier alpha value is -0.0800. The molecule has 0 amide bonds. The summed E-state index contributed by atoms with van der Waals surface area (Å²) >= 11 is 0. The molecule has 1 saturated heterocycles. The highest BCUT2D eigenvalue weighted by molar-refractivity contribution is 4.97. The van der Waals surface area contributed by atoms with Gasteiger partial charge in [0.2, 0.25) is 0 Å². The minimum absolute atomic E-state index is 0.295. The van der Waals surface area contributed by atoms with Crippen LogP contribution < -0.4 is 5.32 Å². The molecule has 3 aliphatic rings. The molecule has 2 heteroatoms. The van der Waals surface area contributed by atoms with Crippen molar-refractivity contribution in [2.45, 2.75) is 65.0 Å². The largest absolute Gasteiger partial charge is 0.309 e. The molecule has 0 radical (unpaired) electrons. The number of nitrogens with one attached hydrogen (secondary N) is 1. The maximum atomic E-state index is 3.74. The molecule has 4 unspecified atom stereocenters. The van der Waals surface area contributed by atoms with Crippen LogP contribution in [-0.4, -0.2) is 36.1 Å². The first-order chi connectivity index (χ1) is 8.94. The molecule has 1 aliphatic heterocycles. The third-order valence-electron chi connectivity index (χ3n) is 5.98. The van der Waals surface area contributed by atoms with E-state index < -0.39 is 0 Å². The van der Waals surface area contributed by atoms with E-state index in [-0.39, 0.29) is 0 Å². The van der Waals surface area contributed by atoms with Gasteiger partial charge in [0.05, 0.1) is 0 Å². The van der Waals surface area contributed by atoms with E-state index in [9.17, 15) is 0 Å². The van der Waals surface area contributed by atoms with Crippen LogP contribution in [0.3, 0.4) is 0 Å². The summed E-state index contributed by atoms with van der Waals surface area (Å²) in [7, 11) is 0. The fourth-order valence-electron chi connectivity index (χ4n) is 4.95. The van der Waals surface area contributed by atoms with E-state index in [4.69, 9.17) is 0 Å². The molecule has 19 heavy (non-hydrogen) atoms. The first kappa shape index (κ1) is 13.9. The average molecular weight is 264 g/mol. The molecule has 2 aliphatic carbocycles. The highest BCUT2D eigenvalue weighted by atomic mass is 15.3. The Bertz CT molecular complexity index is 323. The average Bonchev–Trinajstić information content (AvgIpc) is 2.89. The van der Waals surface area contributed by atoms with Crippen molar-refractivity contribution in [3.05, 3.63) is 0 Å². The summed E-state index contributed by atoms with van der Waals surface area (Å²) in [6.07, 6.45) is 6.13. The number of fused-ring (bicyclic) bond motifs is 2. The standard InChI is InChI=1S/C17H32N2/c1-12(2)16-9-18-17(3,4)11-19(16)10-15-8-13-5-6-14(15)7-13/h12-16,18H,5-11H2,1-4H3. The fourth-order valence-corrected chi connectivity index (χ4v) is 4.95. The molecular formula is C17H32N2. The molecule has 0 spiro atoms. The van der Waals surface area contributed by atoms with Crippen molar-refractivity contribution < 1.29 is 0 Å². The van der Waals surface area contributed by atoms with Crippen molar-refractivity contribution in [2.75, 3.05) is 19.6 Å². The topological polar surface area (TPSA) is 15.3 Å². The molecule has 0 aromatic carbocycles. The third-order valence-corrected chi connectivity index (χ3v) is 5.98. The second-order valence-electron chi connectivity index (χ2n) is 8.44. The van der Waals surface area contributed by atoms with Crippen molar-refractivity contribution in [3.8, 4) is 0 Å². The van der Waals surface area contributed by atoms with E-state index in [1.807, 2.05) is 0 Å². The lowest BCUT2D eigenvalue weighted by atomic mass is 9.86. The number of hydrogen-bond acceptors (Lipinski definition) is 2. The SMILES string of the molecule is CC(C)C1CNC(C)(C)CN1CC1CC2CCC1C2. The van der Waals surface area contributed by atoms with E-state index in [1.54, 1.807) is 6.42 Å². The van der Waals surface area contributed by atoms with Crippen LogP contribution in [0.4, 0.5) is 0 Å². The van der Waals surface area contributed by atoms with Crippen LogP contribution in [0.5, 0.6) is 0 Å². The normalized spacial score (nSPS) is 42.2. The predicted octanol–water partition coefficient (Wildman–Crippen LogP) is 3.13. The zero-order chi connectivity index (χ0) is 13.6. The lowest BCUT2D eigenvalue weighted by Crippen LogP contribution is -2.63. The van der Waals surface area contributed by atoms with E-state index >= 15 is 0 Å². The molecule has 2 saturated carbocycles. The maximum absolute atomic E-state index is 3.74. The van der Waals surface area contributed by atoms with Gasteiger partial charge < -0.3 is 5.32 Å². The van der Waals surface area contributed by atoms with Gasteiger partial charge in [0.1, 0.15) is 0 Å². The zero-order valence-electron chi connectivity index (χ0n) is 13.3. The molecule has 0 aromatic heterocycles. The summed E-state index contributed by atoms with van der Waals surface area (Å²) in [5.74, 6) is 3.93.